The summed E-state index contributed by atoms with van der Waals surface area (Å²) < 4.78 is 28.3. The van der Waals surface area contributed by atoms with Gasteiger partial charge in [-0.15, -0.1) is 0 Å². The molecule has 104 valence electrons. The molecule has 0 fully saturated rings. The average Bonchev–Trinajstić information content (AvgIpc) is 2.36. The molecule has 0 bridgehead atoms. The number of hydrogen-bond acceptors (Lipinski definition) is 2. The van der Waals surface area contributed by atoms with Gasteiger partial charge in [0.15, 0.2) is 0 Å². The van der Waals surface area contributed by atoms with Crippen molar-refractivity contribution in [3.05, 3.63) is 35.9 Å². The SMILES string of the molecule is CC(C)CN(CCC#N)CC(F)(F)c1ccccc1. The zero-order valence-corrected chi connectivity index (χ0v) is 11.4. The summed E-state index contributed by atoms with van der Waals surface area (Å²) in [5, 5.41) is 8.60. The maximum atomic E-state index is 14.2. The maximum absolute atomic E-state index is 14.2. The summed E-state index contributed by atoms with van der Waals surface area (Å²) in [7, 11) is 0. The van der Waals surface area contributed by atoms with Crippen molar-refractivity contribution >= 4 is 0 Å². The molecule has 4 heteroatoms. The minimum absolute atomic E-state index is 0.0284. The molecule has 0 radical (unpaired) electrons. The zero-order chi connectivity index (χ0) is 14.3. The molecular formula is C15H20F2N2. The van der Waals surface area contributed by atoms with Crippen molar-refractivity contribution in [3.63, 3.8) is 0 Å². The van der Waals surface area contributed by atoms with Crippen molar-refractivity contribution in [2.45, 2.75) is 26.2 Å². The highest BCUT2D eigenvalue weighted by Crippen LogP contribution is 2.29. The zero-order valence-electron chi connectivity index (χ0n) is 11.4. The van der Waals surface area contributed by atoms with Crippen LogP contribution in [0, 0.1) is 17.2 Å². The molecule has 1 rings (SSSR count). The van der Waals surface area contributed by atoms with Crippen LogP contribution in [-0.4, -0.2) is 24.5 Å². The van der Waals surface area contributed by atoms with E-state index >= 15 is 0 Å². The second-order valence-electron chi connectivity index (χ2n) is 5.11. The first-order valence-electron chi connectivity index (χ1n) is 6.48. The highest BCUT2D eigenvalue weighted by Gasteiger charge is 2.33. The molecule has 0 heterocycles. The fraction of sp³-hybridized carbons (Fsp3) is 0.533. The average molecular weight is 266 g/mol. The van der Waals surface area contributed by atoms with Crippen LogP contribution in [0.3, 0.4) is 0 Å². The molecule has 1 aromatic rings. The summed E-state index contributed by atoms with van der Waals surface area (Å²) in [6.07, 6.45) is 0.275. The molecule has 1 aromatic carbocycles. The van der Waals surface area contributed by atoms with E-state index in [-0.39, 0.29) is 18.5 Å². The van der Waals surface area contributed by atoms with Gasteiger partial charge >= 0.3 is 0 Å². The molecule has 19 heavy (non-hydrogen) atoms. The number of nitrogens with zero attached hydrogens (tertiary/aromatic N) is 2. The van der Waals surface area contributed by atoms with Crippen molar-refractivity contribution in [2.24, 2.45) is 5.92 Å². The van der Waals surface area contributed by atoms with E-state index < -0.39 is 5.92 Å². The third kappa shape index (κ3) is 5.35. The minimum atomic E-state index is -2.88. The van der Waals surface area contributed by atoms with Crippen LogP contribution in [0.1, 0.15) is 25.8 Å². The van der Waals surface area contributed by atoms with Gasteiger partial charge in [0.25, 0.3) is 5.92 Å². The third-order valence-corrected chi connectivity index (χ3v) is 2.78. The summed E-state index contributed by atoms with van der Waals surface area (Å²) in [6.45, 7) is 4.60. The Bertz CT molecular complexity index is 410. The van der Waals surface area contributed by atoms with Crippen LogP contribution in [-0.2, 0) is 5.92 Å². The Kier molecular flexibility index (Phi) is 5.91. The molecule has 0 aliphatic heterocycles. The Hall–Kier alpha value is -1.47. The molecule has 0 saturated carbocycles. The van der Waals surface area contributed by atoms with Crippen LogP contribution < -0.4 is 0 Å². The number of hydrogen-bond donors (Lipinski definition) is 0. The Morgan fingerprint density at radius 3 is 2.42 bits per heavy atom. The van der Waals surface area contributed by atoms with Crippen LogP contribution in [0.2, 0.25) is 0 Å². The highest BCUT2D eigenvalue weighted by atomic mass is 19.3. The normalized spacial score (nSPS) is 11.8. The third-order valence-electron chi connectivity index (χ3n) is 2.78. The summed E-state index contributed by atoms with van der Waals surface area (Å²) in [5.74, 6) is -2.59. The predicted octanol–water partition coefficient (Wildman–Crippen LogP) is 3.65. The van der Waals surface area contributed by atoms with E-state index in [2.05, 4.69) is 0 Å². The van der Waals surface area contributed by atoms with E-state index in [9.17, 15) is 8.78 Å². The van der Waals surface area contributed by atoms with E-state index in [1.54, 1.807) is 23.1 Å². The maximum Gasteiger partial charge on any atom is 0.285 e. The summed E-state index contributed by atoms with van der Waals surface area (Å²) in [4.78, 5) is 1.67. The standard InChI is InChI=1S/C15H20F2N2/c1-13(2)11-19(10-6-9-18)12-15(16,17)14-7-4-3-5-8-14/h3-5,7-8,13H,6,10-12H2,1-2H3. The van der Waals surface area contributed by atoms with Crippen LogP contribution >= 0.6 is 0 Å². The van der Waals surface area contributed by atoms with E-state index in [4.69, 9.17) is 5.26 Å². The van der Waals surface area contributed by atoms with Gasteiger partial charge in [0.2, 0.25) is 0 Å². The molecular weight excluding hydrogens is 246 g/mol. The second-order valence-corrected chi connectivity index (χ2v) is 5.11. The van der Waals surface area contributed by atoms with Gasteiger partial charge in [-0.25, -0.2) is 0 Å². The van der Waals surface area contributed by atoms with Gasteiger partial charge in [0.05, 0.1) is 12.6 Å². The Labute approximate surface area is 113 Å². The number of rotatable bonds is 7. The van der Waals surface area contributed by atoms with Gasteiger partial charge < -0.3 is 0 Å². The van der Waals surface area contributed by atoms with Gasteiger partial charge in [-0.05, 0) is 5.92 Å². The molecule has 0 amide bonds. The first-order valence-corrected chi connectivity index (χ1v) is 6.48. The fourth-order valence-electron chi connectivity index (χ4n) is 2.01. The Morgan fingerprint density at radius 2 is 1.89 bits per heavy atom. The topological polar surface area (TPSA) is 27.0 Å². The molecule has 0 aliphatic rings. The molecule has 0 unspecified atom stereocenters. The lowest BCUT2D eigenvalue weighted by atomic mass is 10.1. The molecule has 0 N–H and O–H groups in total. The van der Waals surface area contributed by atoms with Crippen LogP contribution in [0.25, 0.3) is 0 Å². The smallest absolute Gasteiger partial charge is 0.285 e. The lowest BCUT2D eigenvalue weighted by molar-refractivity contribution is -0.0396. The monoisotopic (exact) mass is 266 g/mol. The molecule has 0 spiro atoms. The Balaban J connectivity index is 2.73. The van der Waals surface area contributed by atoms with Crippen molar-refractivity contribution in [1.29, 1.82) is 5.26 Å². The molecule has 0 aliphatic carbocycles. The molecule has 0 atom stereocenters. The van der Waals surface area contributed by atoms with Gasteiger partial charge in [0.1, 0.15) is 0 Å². The lowest BCUT2D eigenvalue weighted by Gasteiger charge is -2.28. The summed E-state index contributed by atoms with van der Waals surface area (Å²) in [5.41, 5.74) is 0.0284. The first kappa shape index (κ1) is 15.6. The van der Waals surface area contributed by atoms with Crippen LogP contribution in [0.4, 0.5) is 8.78 Å². The summed E-state index contributed by atoms with van der Waals surface area (Å²) in [6, 6.07) is 9.85. The quantitative estimate of drug-likeness (QED) is 0.753. The van der Waals surface area contributed by atoms with Crippen molar-refractivity contribution in [3.8, 4) is 6.07 Å². The second kappa shape index (κ2) is 7.20. The van der Waals surface area contributed by atoms with Crippen molar-refractivity contribution < 1.29 is 8.78 Å². The van der Waals surface area contributed by atoms with Crippen LogP contribution in [0.5, 0.6) is 0 Å². The van der Waals surface area contributed by atoms with Gasteiger partial charge in [0, 0.05) is 25.1 Å². The van der Waals surface area contributed by atoms with Gasteiger partial charge in [-0.2, -0.15) is 14.0 Å². The molecule has 2 nitrogen and oxygen atoms in total. The Morgan fingerprint density at radius 1 is 1.26 bits per heavy atom. The van der Waals surface area contributed by atoms with E-state index in [0.29, 0.717) is 19.0 Å². The van der Waals surface area contributed by atoms with E-state index in [0.717, 1.165) is 0 Å². The first-order chi connectivity index (χ1) is 8.95. The van der Waals surface area contributed by atoms with Gasteiger partial charge in [-0.3, -0.25) is 4.90 Å². The molecule has 0 aromatic heterocycles. The van der Waals surface area contributed by atoms with Crippen LogP contribution in [0.15, 0.2) is 30.3 Å². The fourth-order valence-corrected chi connectivity index (χ4v) is 2.01. The summed E-state index contributed by atoms with van der Waals surface area (Å²) >= 11 is 0. The van der Waals surface area contributed by atoms with Gasteiger partial charge in [-0.1, -0.05) is 44.2 Å². The number of halogens is 2. The lowest BCUT2D eigenvalue weighted by Crippen LogP contribution is -2.38. The minimum Gasteiger partial charge on any atom is -0.296 e. The van der Waals surface area contributed by atoms with E-state index in [1.807, 2.05) is 19.9 Å². The number of benzene rings is 1. The number of nitriles is 1. The van der Waals surface area contributed by atoms with E-state index in [1.165, 1.54) is 12.1 Å². The van der Waals surface area contributed by atoms with Crippen molar-refractivity contribution in [2.75, 3.05) is 19.6 Å². The highest BCUT2D eigenvalue weighted by molar-refractivity contribution is 5.20. The molecule has 0 saturated heterocycles. The number of alkyl halides is 2. The predicted molar refractivity (Wildman–Crippen MR) is 71.8 cm³/mol. The largest absolute Gasteiger partial charge is 0.296 e. The van der Waals surface area contributed by atoms with Crippen molar-refractivity contribution in [1.82, 2.24) is 4.90 Å².